The molecule has 1 aliphatic carbocycles. The fourth-order valence-corrected chi connectivity index (χ4v) is 4.99. The predicted octanol–water partition coefficient (Wildman–Crippen LogP) is 3.67. The fourth-order valence-electron chi connectivity index (χ4n) is 4.99. The second kappa shape index (κ2) is 9.85. The van der Waals surface area contributed by atoms with Gasteiger partial charge in [-0.15, -0.1) is 0 Å². The van der Waals surface area contributed by atoms with Gasteiger partial charge in [-0.3, -0.25) is 14.2 Å². The summed E-state index contributed by atoms with van der Waals surface area (Å²) >= 11 is 0. The molecule has 1 amide bonds. The van der Waals surface area contributed by atoms with Crippen LogP contribution in [-0.4, -0.2) is 50.9 Å². The van der Waals surface area contributed by atoms with Crippen molar-refractivity contribution in [1.29, 1.82) is 0 Å². The monoisotopic (exact) mass is 461 g/mol. The topological polar surface area (TPSA) is 84.8 Å². The van der Waals surface area contributed by atoms with Crippen LogP contribution in [0.3, 0.4) is 0 Å². The molecule has 0 saturated heterocycles. The number of nitrogens with zero attached hydrogens (tertiary/aromatic N) is 4. The van der Waals surface area contributed by atoms with E-state index in [0.29, 0.717) is 29.5 Å². The molecule has 34 heavy (non-hydrogen) atoms. The van der Waals surface area contributed by atoms with Gasteiger partial charge < -0.3 is 19.0 Å². The lowest BCUT2D eigenvalue weighted by molar-refractivity contribution is 0.0921. The smallest absolute Gasteiger partial charge is 0.286 e. The number of carbonyl (C=O) groups excluding carboxylic acids is 1. The quantitative estimate of drug-likeness (QED) is 0.405. The van der Waals surface area contributed by atoms with Crippen molar-refractivity contribution < 1.29 is 9.21 Å². The highest BCUT2D eigenvalue weighted by Crippen LogP contribution is 2.21. The molecule has 4 heterocycles. The van der Waals surface area contributed by atoms with Gasteiger partial charge in [0.25, 0.3) is 11.5 Å². The molecule has 0 aliphatic heterocycles. The standard InChI is InChI=1S/C26H31N5O3/c1-29(19-8-3-2-4-9-19)16-7-15-28-25(32)23-13-12-20(34-23)18-31-24-21(10-5-14-27-24)30-17-6-11-22(30)26(31)33/h5-6,10-14,17,19H,2-4,7-9,15-16,18H2,1H3,(H,28,32). The van der Waals surface area contributed by atoms with Gasteiger partial charge in [0, 0.05) is 25.0 Å². The lowest BCUT2D eigenvalue weighted by Gasteiger charge is -2.31. The first-order valence-electron chi connectivity index (χ1n) is 12.1. The Morgan fingerprint density at radius 1 is 1.15 bits per heavy atom. The molecular weight excluding hydrogens is 430 g/mol. The molecule has 8 nitrogen and oxygen atoms in total. The van der Waals surface area contributed by atoms with Crippen LogP contribution >= 0.6 is 0 Å². The summed E-state index contributed by atoms with van der Waals surface area (Å²) in [6.45, 7) is 1.78. The molecule has 5 rings (SSSR count). The van der Waals surface area contributed by atoms with Crippen LogP contribution in [0, 0.1) is 0 Å². The maximum Gasteiger partial charge on any atom is 0.286 e. The second-order valence-electron chi connectivity index (χ2n) is 9.15. The fraction of sp³-hybridized carbons (Fsp3) is 0.423. The Balaban J connectivity index is 1.22. The summed E-state index contributed by atoms with van der Waals surface area (Å²) in [5.41, 5.74) is 1.83. The Kier molecular flexibility index (Phi) is 6.49. The van der Waals surface area contributed by atoms with E-state index in [9.17, 15) is 9.59 Å². The molecule has 0 spiro atoms. The van der Waals surface area contributed by atoms with E-state index in [1.807, 2.05) is 28.8 Å². The molecular formula is C26H31N5O3. The molecule has 1 N–H and O–H groups in total. The van der Waals surface area contributed by atoms with Crippen LogP contribution in [0.1, 0.15) is 54.8 Å². The van der Waals surface area contributed by atoms with Gasteiger partial charge in [-0.05, 0) is 69.3 Å². The van der Waals surface area contributed by atoms with Crippen molar-refractivity contribution >= 4 is 22.6 Å². The molecule has 178 valence electrons. The third kappa shape index (κ3) is 4.50. The van der Waals surface area contributed by atoms with Gasteiger partial charge in [0.15, 0.2) is 11.4 Å². The van der Waals surface area contributed by atoms with E-state index >= 15 is 0 Å². The third-order valence-corrected chi connectivity index (χ3v) is 6.86. The molecule has 0 unspecified atom stereocenters. The summed E-state index contributed by atoms with van der Waals surface area (Å²) < 4.78 is 9.23. The number of amides is 1. The number of carbonyl (C=O) groups is 1. The molecule has 1 saturated carbocycles. The normalized spacial score (nSPS) is 14.9. The largest absolute Gasteiger partial charge is 0.454 e. The minimum Gasteiger partial charge on any atom is -0.454 e. The van der Waals surface area contributed by atoms with Gasteiger partial charge in [0.1, 0.15) is 11.3 Å². The average Bonchev–Trinajstić information content (AvgIpc) is 3.55. The molecule has 4 aromatic heterocycles. The second-order valence-corrected chi connectivity index (χ2v) is 9.15. The van der Waals surface area contributed by atoms with Gasteiger partial charge in [0.05, 0.1) is 12.1 Å². The number of fused-ring (bicyclic) bond motifs is 3. The first kappa shape index (κ1) is 22.4. The highest BCUT2D eigenvalue weighted by Gasteiger charge is 2.18. The lowest BCUT2D eigenvalue weighted by Crippen LogP contribution is -2.35. The zero-order chi connectivity index (χ0) is 23.5. The first-order valence-corrected chi connectivity index (χ1v) is 12.1. The van der Waals surface area contributed by atoms with Crippen LogP contribution in [-0.2, 0) is 6.54 Å². The van der Waals surface area contributed by atoms with Crippen LogP contribution in [0.4, 0.5) is 0 Å². The number of furan rings is 1. The van der Waals surface area contributed by atoms with E-state index in [2.05, 4.69) is 22.2 Å². The SMILES string of the molecule is CN(CCCNC(=O)c1ccc(Cn2c(=O)c3cccn3c3cccnc32)o1)C1CCCCC1. The summed E-state index contributed by atoms with van der Waals surface area (Å²) in [6.07, 6.45) is 11.0. The third-order valence-electron chi connectivity index (χ3n) is 6.86. The van der Waals surface area contributed by atoms with Crippen molar-refractivity contribution in [1.82, 2.24) is 24.2 Å². The van der Waals surface area contributed by atoms with Crippen LogP contribution < -0.4 is 10.9 Å². The van der Waals surface area contributed by atoms with E-state index in [1.165, 1.54) is 32.1 Å². The van der Waals surface area contributed by atoms with Gasteiger partial charge >= 0.3 is 0 Å². The number of hydrogen-bond acceptors (Lipinski definition) is 5. The van der Waals surface area contributed by atoms with Crippen molar-refractivity contribution in [3.63, 3.8) is 0 Å². The first-order chi connectivity index (χ1) is 16.6. The number of pyridine rings is 1. The Hall–Kier alpha value is -3.39. The number of hydrogen-bond donors (Lipinski definition) is 1. The summed E-state index contributed by atoms with van der Waals surface area (Å²) in [7, 11) is 2.18. The Labute approximate surface area is 198 Å². The van der Waals surface area contributed by atoms with Gasteiger partial charge in [-0.25, -0.2) is 4.98 Å². The highest BCUT2D eigenvalue weighted by atomic mass is 16.4. The van der Waals surface area contributed by atoms with Crippen LogP contribution in [0.2, 0.25) is 0 Å². The van der Waals surface area contributed by atoms with E-state index in [0.717, 1.165) is 18.5 Å². The van der Waals surface area contributed by atoms with E-state index in [-0.39, 0.29) is 23.8 Å². The summed E-state index contributed by atoms with van der Waals surface area (Å²) in [5, 5.41) is 2.95. The zero-order valence-corrected chi connectivity index (χ0v) is 19.6. The predicted molar refractivity (Wildman–Crippen MR) is 131 cm³/mol. The number of nitrogens with one attached hydrogen (secondary N) is 1. The van der Waals surface area contributed by atoms with Crippen molar-refractivity contribution in [2.24, 2.45) is 0 Å². The summed E-state index contributed by atoms with van der Waals surface area (Å²) in [5.74, 6) is 0.556. The Morgan fingerprint density at radius 3 is 2.82 bits per heavy atom. The maximum absolute atomic E-state index is 13.1. The molecule has 0 bridgehead atoms. The van der Waals surface area contributed by atoms with Crippen molar-refractivity contribution in [3.05, 3.63) is 70.7 Å². The molecule has 0 radical (unpaired) electrons. The number of rotatable bonds is 8. The zero-order valence-electron chi connectivity index (χ0n) is 19.6. The van der Waals surface area contributed by atoms with Crippen LogP contribution in [0.15, 0.2) is 58.0 Å². The van der Waals surface area contributed by atoms with Crippen molar-refractivity contribution in [2.75, 3.05) is 20.1 Å². The summed E-state index contributed by atoms with van der Waals surface area (Å²) in [6, 6.07) is 11.5. The van der Waals surface area contributed by atoms with Gasteiger partial charge in [0.2, 0.25) is 0 Å². The minimum absolute atomic E-state index is 0.152. The summed E-state index contributed by atoms with van der Waals surface area (Å²) in [4.78, 5) is 32.5. The average molecular weight is 462 g/mol. The Bertz CT molecular complexity index is 1350. The molecule has 4 aromatic rings. The molecule has 1 fully saturated rings. The van der Waals surface area contributed by atoms with E-state index in [1.54, 1.807) is 29.0 Å². The lowest BCUT2D eigenvalue weighted by atomic mass is 9.94. The van der Waals surface area contributed by atoms with Gasteiger partial charge in [-0.2, -0.15) is 0 Å². The van der Waals surface area contributed by atoms with Crippen LogP contribution in [0.5, 0.6) is 0 Å². The highest BCUT2D eigenvalue weighted by molar-refractivity contribution is 5.91. The molecule has 1 aliphatic rings. The maximum atomic E-state index is 13.1. The van der Waals surface area contributed by atoms with Crippen molar-refractivity contribution in [2.45, 2.75) is 51.1 Å². The van der Waals surface area contributed by atoms with E-state index in [4.69, 9.17) is 4.42 Å². The van der Waals surface area contributed by atoms with Crippen LogP contribution in [0.25, 0.3) is 16.7 Å². The van der Waals surface area contributed by atoms with Gasteiger partial charge in [-0.1, -0.05) is 19.3 Å². The minimum atomic E-state index is -0.232. The van der Waals surface area contributed by atoms with Crippen molar-refractivity contribution in [3.8, 4) is 0 Å². The molecule has 8 heteroatoms. The number of aromatic nitrogens is 3. The molecule has 0 atom stereocenters. The van der Waals surface area contributed by atoms with E-state index < -0.39 is 0 Å². The Morgan fingerprint density at radius 2 is 1.97 bits per heavy atom. The molecule has 0 aromatic carbocycles.